The lowest BCUT2D eigenvalue weighted by Crippen LogP contribution is -1.99. The van der Waals surface area contributed by atoms with Crippen LogP contribution in [0.5, 0.6) is 11.5 Å². The van der Waals surface area contributed by atoms with Gasteiger partial charge in [0.25, 0.3) is 0 Å². The molecule has 0 saturated heterocycles. The van der Waals surface area contributed by atoms with Crippen molar-refractivity contribution in [3.63, 3.8) is 0 Å². The predicted octanol–water partition coefficient (Wildman–Crippen LogP) is 1.93. The maximum atomic E-state index is 10.4. The molecule has 0 heterocycles. The number of rotatable bonds is 5. The summed E-state index contributed by atoms with van der Waals surface area (Å²) in [5.41, 5.74) is 0.732. The van der Waals surface area contributed by atoms with E-state index in [0.717, 1.165) is 5.56 Å². The molecule has 0 aromatic heterocycles. The van der Waals surface area contributed by atoms with Crippen molar-refractivity contribution in [3.8, 4) is 11.5 Å². The lowest BCUT2D eigenvalue weighted by Gasteiger charge is -2.07. The van der Waals surface area contributed by atoms with Crippen LogP contribution in [0.3, 0.4) is 0 Å². The topological polar surface area (TPSA) is 66.8 Å². The Hall–Kier alpha value is -1.97. The Morgan fingerprint density at radius 2 is 2.27 bits per heavy atom. The molecule has 0 atom stereocenters. The summed E-state index contributed by atoms with van der Waals surface area (Å²) in [4.78, 5) is 10.4. The molecule has 0 aliphatic rings. The average Bonchev–Trinajstić information content (AvgIpc) is 2.17. The number of hydrogen-bond donors (Lipinski definition) is 2. The lowest BCUT2D eigenvalue weighted by molar-refractivity contribution is -0.136. The quantitative estimate of drug-likeness (QED) is 0.725. The number of aromatic hydroxyl groups is 1. The van der Waals surface area contributed by atoms with E-state index in [2.05, 4.69) is 6.58 Å². The van der Waals surface area contributed by atoms with E-state index in [4.69, 9.17) is 9.84 Å². The molecule has 0 bridgehead atoms. The molecule has 0 unspecified atom stereocenters. The van der Waals surface area contributed by atoms with Crippen molar-refractivity contribution in [2.24, 2.45) is 0 Å². The summed E-state index contributed by atoms with van der Waals surface area (Å²) in [5, 5.41) is 17.8. The van der Waals surface area contributed by atoms with Gasteiger partial charge in [0.15, 0.2) is 0 Å². The Bertz CT molecular complexity index is 371. The summed E-state index contributed by atoms with van der Waals surface area (Å²) in [6.45, 7) is 3.40. The molecule has 1 aromatic carbocycles. The van der Waals surface area contributed by atoms with E-state index in [0.29, 0.717) is 12.2 Å². The van der Waals surface area contributed by atoms with Gasteiger partial charge in [-0.2, -0.15) is 0 Å². The molecule has 0 aliphatic carbocycles. The molecule has 80 valence electrons. The molecular weight excluding hydrogens is 196 g/mol. The minimum Gasteiger partial charge on any atom is -0.508 e. The third-order valence-electron chi connectivity index (χ3n) is 1.87. The molecule has 0 radical (unpaired) electrons. The highest BCUT2D eigenvalue weighted by molar-refractivity contribution is 5.67. The summed E-state index contributed by atoms with van der Waals surface area (Å²) < 4.78 is 5.06. The number of aliphatic carboxylic acids is 1. The summed E-state index contributed by atoms with van der Waals surface area (Å²) >= 11 is 0. The normalized spacial score (nSPS) is 9.60. The zero-order chi connectivity index (χ0) is 11.3. The monoisotopic (exact) mass is 208 g/mol. The van der Waals surface area contributed by atoms with Gasteiger partial charge in [-0.25, -0.2) is 0 Å². The Kier molecular flexibility index (Phi) is 3.74. The summed E-state index contributed by atoms with van der Waals surface area (Å²) in [7, 11) is 0. The van der Waals surface area contributed by atoms with Gasteiger partial charge >= 0.3 is 5.97 Å². The predicted molar refractivity (Wildman–Crippen MR) is 54.9 cm³/mol. The summed E-state index contributed by atoms with van der Waals surface area (Å²) in [6, 6.07) is 4.56. The first-order chi connectivity index (χ1) is 7.13. The maximum Gasteiger partial charge on any atom is 0.303 e. The highest BCUT2D eigenvalue weighted by Gasteiger charge is 2.06. The Morgan fingerprint density at radius 3 is 2.87 bits per heavy atom. The van der Waals surface area contributed by atoms with Crippen LogP contribution in [0.2, 0.25) is 0 Å². The number of phenolic OH excluding ortho intramolecular Hbond substituents is 1. The largest absolute Gasteiger partial charge is 0.508 e. The molecular formula is C11H12O4. The van der Waals surface area contributed by atoms with Gasteiger partial charge in [-0.3, -0.25) is 4.79 Å². The van der Waals surface area contributed by atoms with Crippen molar-refractivity contribution in [1.82, 2.24) is 0 Å². The molecule has 0 aliphatic heterocycles. The number of ether oxygens (including phenoxy) is 1. The van der Waals surface area contributed by atoms with Crippen LogP contribution in [0.1, 0.15) is 12.0 Å². The number of carboxylic acids is 1. The van der Waals surface area contributed by atoms with Crippen LogP contribution in [-0.4, -0.2) is 16.2 Å². The van der Waals surface area contributed by atoms with Gasteiger partial charge in [0.2, 0.25) is 0 Å². The summed E-state index contributed by atoms with van der Waals surface area (Å²) in [5.74, 6) is -0.357. The van der Waals surface area contributed by atoms with Gasteiger partial charge in [0.1, 0.15) is 11.5 Å². The Morgan fingerprint density at radius 1 is 1.53 bits per heavy atom. The van der Waals surface area contributed by atoms with Crippen molar-refractivity contribution in [3.05, 3.63) is 36.6 Å². The van der Waals surface area contributed by atoms with Crippen molar-refractivity contribution < 1.29 is 19.7 Å². The number of carboxylic acid groups (broad SMARTS) is 1. The van der Waals surface area contributed by atoms with Crippen molar-refractivity contribution in [2.45, 2.75) is 12.8 Å². The molecule has 4 nitrogen and oxygen atoms in total. The van der Waals surface area contributed by atoms with Crippen molar-refractivity contribution in [2.75, 3.05) is 0 Å². The molecule has 4 heteroatoms. The number of aryl methyl sites for hydroxylation is 1. The fourth-order valence-electron chi connectivity index (χ4n) is 1.19. The second-order valence-electron chi connectivity index (χ2n) is 2.97. The molecule has 1 aromatic rings. The second-order valence-corrected chi connectivity index (χ2v) is 2.97. The van der Waals surface area contributed by atoms with Crippen LogP contribution in [0.15, 0.2) is 31.0 Å². The Balaban J connectivity index is 2.84. The first kappa shape index (κ1) is 11.1. The fraction of sp³-hybridized carbons (Fsp3) is 0.182. The van der Waals surface area contributed by atoms with Crippen LogP contribution in [0, 0.1) is 0 Å². The molecule has 0 fully saturated rings. The van der Waals surface area contributed by atoms with E-state index in [1.165, 1.54) is 18.4 Å². The zero-order valence-electron chi connectivity index (χ0n) is 8.14. The maximum absolute atomic E-state index is 10.4. The SMILES string of the molecule is C=COc1cc(O)ccc1CCC(=O)O. The highest BCUT2D eigenvalue weighted by atomic mass is 16.5. The van der Waals surface area contributed by atoms with Crippen LogP contribution >= 0.6 is 0 Å². The van der Waals surface area contributed by atoms with E-state index in [1.54, 1.807) is 6.07 Å². The minimum atomic E-state index is -0.868. The van der Waals surface area contributed by atoms with Crippen molar-refractivity contribution in [1.29, 1.82) is 0 Å². The Labute approximate surface area is 87.4 Å². The van der Waals surface area contributed by atoms with Crippen LogP contribution in [0.25, 0.3) is 0 Å². The number of carbonyl (C=O) groups is 1. The lowest BCUT2D eigenvalue weighted by atomic mass is 10.1. The van der Waals surface area contributed by atoms with E-state index in [-0.39, 0.29) is 12.2 Å². The molecule has 0 spiro atoms. The summed E-state index contributed by atoms with van der Waals surface area (Å²) in [6.07, 6.45) is 1.62. The van der Waals surface area contributed by atoms with Crippen LogP contribution in [0.4, 0.5) is 0 Å². The van der Waals surface area contributed by atoms with E-state index in [1.807, 2.05) is 0 Å². The average molecular weight is 208 g/mol. The van der Waals surface area contributed by atoms with Gasteiger partial charge < -0.3 is 14.9 Å². The third-order valence-corrected chi connectivity index (χ3v) is 1.87. The fourth-order valence-corrected chi connectivity index (χ4v) is 1.19. The minimum absolute atomic E-state index is 0.0261. The zero-order valence-corrected chi connectivity index (χ0v) is 8.14. The van der Waals surface area contributed by atoms with Gasteiger partial charge in [-0.1, -0.05) is 12.6 Å². The smallest absolute Gasteiger partial charge is 0.303 e. The van der Waals surface area contributed by atoms with Gasteiger partial charge in [-0.05, 0) is 18.1 Å². The van der Waals surface area contributed by atoms with Crippen molar-refractivity contribution >= 4 is 5.97 Å². The number of phenols is 1. The first-order valence-electron chi connectivity index (χ1n) is 4.44. The second kappa shape index (κ2) is 5.05. The molecule has 1 rings (SSSR count). The van der Waals surface area contributed by atoms with E-state index in [9.17, 15) is 9.90 Å². The highest BCUT2D eigenvalue weighted by Crippen LogP contribution is 2.25. The van der Waals surface area contributed by atoms with Gasteiger partial charge in [0.05, 0.1) is 6.26 Å². The molecule has 2 N–H and O–H groups in total. The number of benzene rings is 1. The van der Waals surface area contributed by atoms with Gasteiger partial charge in [-0.15, -0.1) is 0 Å². The number of hydrogen-bond acceptors (Lipinski definition) is 3. The molecule has 0 amide bonds. The standard InChI is InChI=1S/C11H12O4/c1-2-15-10-7-9(12)5-3-8(10)4-6-11(13)14/h2-3,5,7,12H,1,4,6H2,(H,13,14). The molecule has 0 saturated carbocycles. The van der Waals surface area contributed by atoms with Crippen LogP contribution in [-0.2, 0) is 11.2 Å². The van der Waals surface area contributed by atoms with E-state index < -0.39 is 5.97 Å². The third kappa shape index (κ3) is 3.34. The van der Waals surface area contributed by atoms with Crippen LogP contribution < -0.4 is 4.74 Å². The molecule has 15 heavy (non-hydrogen) atoms. The van der Waals surface area contributed by atoms with E-state index >= 15 is 0 Å². The van der Waals surface area contributed by atoms with Gasteiger partial charge in [0, 0.05) is 12.5 Å². The first-order valence-corrected chi connectivity index (χ1v) is 4.44.